The molecule has 0 aliphatic heterocycles. The van der Waals surface area contributed by atoms with Crippen LogP contribution in [-0.4, -0.2) is 11.1 Å². The molecule has 2 rings (SSSR count). The summed E-state index contributed by atoms with van der Waals surface area (Å²) < 4.78 is 0. The number of hydrogen-bond acceptors (Lipinski definition) is 1. The third-order valence-corrected chi connectivity index (χ3v) is 2.42. The zero-order valence-corrected chi connectivity index (χ0v) is 11.9. The van der Waals surface area contributed by atoms with Crippen molar-refractivity contribution < 1.29 is 27.0 Å². The summed E-state index contributed by atoms with van der Waals surface area (Å²) in [5, 5.41) is 8.66. The summed E-state index contributed by atoms with van der Waals surface area (Å²) in [7, 11) is 0. The van der Waals surface area contributed by atoms with Crippen LogP contribution in [0.5, 0.6) is 0 Å². The van der Waals surface area contributed by atoms with Gasteiger partial charge in [0.05, 0.1) is 0 Å². The summed E-state index contributed by atoms with van der Waals surface area (Å²) in [6.07, 6.45) is 0. The van der Waals surface area contributed by atoms with Crippen LogP contribution in [0.15, 0.2) is 48.5 Å². The van der Waals surface area contributed by atoms with Crippen LogP contribution in [0, 0.1) is 0 Å². The van der Waals surface area contributed by atoms with E-state index in [4.69, 9.17) is 5.11 Å². The number of rotatable bonds is 1. The van der Waals surface area contributed by atoms with Crippen molar-refractivity contribution in [3.63, 3.8) is 0 Å². The van der Waals surface area contributed by atoms with E-state index in [2.05, 4.69) is 20.8 Å². The Balaban J connectivity index is 0.000000405. The van der Waals surface area contributed by atoms with E-state index >= 15 is 0 Å². The Bertz CT molecular complexity index is 430. The number of carboxylic acids is 1. The van der Waals surface area contributed by atoms with E-state index in [0.29, 0.717) is 5.56 Å². The van der Waals surface area contributed by atoms with Gasteiger partial charge in [-0.25, -0.2) is 12.1 Å². The second kappa shape index (κ2) is 7.20. The Labute approximate surface area is 119 Å². The maximum atomic E-state index is 10.5. The molecule has 0 atom stereocenters. The summed E-state index contributed by atoms with van der Waals surface area (Å²) in [6.45, 7) is 6.19. The van der Waals surface area contributed by atoms with E-state index in [1.807, 2.05) is 36.4 Å². The van der Waals surface area contributed by atoms with Gasteiger partial charge in [0, 0.05) is 0 Å². The second-order valence-corrected chi connectivity index (χ2v) is 4.91. The molecule has 0 aliphatic carbocycles. The molecule has 3 heteroatoms. The minimum atomic E-state index is -0.856. The first kappa shape index (κ1) is 16.7. The smallest absolute Gasteiger partial charge is 0.488 e. The Morgan fingerprint density at radius 3 is 2.06 bits per heavy atom. The maximum absolute atomic E-state index is 10.5. The van der Waals surface area contributed by atoms with Crippen molar-refractivity contribution in [3.8, 4) is 0 Å². The molecule has 0 heterocycles. The fourth-order valence-corrected chi connectivity index (χ4v) is 1.36. The van der Waals surface area contributed by atoms with Crippen molar-refractivity contribution in [2.75, 3.05) is 0 Å². The average molecular weight is 286 g/mol. The Kier molecular flexibility index (Phi) is 6.67. The Morgan fingerprint density at radius 1 is 1.28 bits per heavy atom. The van der Waals surface area contributed by atoms with Crippen LogP contribution in [0.2, 0.25) is 0 Å². The van der Waals surface area contributed by atoms with Gasteiger partial charge in [0.15, 0.2) is 0 Å². The average Bonchev–Trinajstić information content (AvgIpc) is 2.92. The van der Waals surface area contributed by atoms with Crippen LogP contribution in [-0.2, 0) is 22.5 Å². The molecule has 0 fully saturated rings. The largest absolute Gasteiger partial charge is 2.00 e. The molecule has 0 saturated heterocycles. The molecule has 0 amide bonds. The van der Waals surface area contributed by atoms with E-state index in [0.717, 1.165) is 5.56 Å². The molecule has 2 nitrogen and oxygen atoms in total. The quantitative estimate of drug-likeness (QED) is 0.639. The molecule has 0 spiro atoms. The minimum absolute atomic E-state index is 0. The van der Waals surface area contributed by atoms with Crippen LogP contribution in [0.1, 0.15) is 36.7 Å². The third kappa shape index (κ3) is 5.35. The van der Waals surface area contributed by atoms with Crippen LogP contribution in [0.4, 0.5) is 0 Å². The maximum Gasteiger partial charge on any atom is 2.00 e. The molecule has 2 aromatic rings. The van der Waals surface area contributed by atoms with Gasteiger partial charge in [-0.05, 0) is 0 Å². The van der Waals surface area contributed by atoms with E-state index in [1.54, 1.807) is 12.1 Å². The molecule has 0 aliphatic rings. The number of hydrogen-bond donors (Lipinski definition) is 1. The minimum Gasteiger partial charge on any atom is -0.488 e. The van der Waals surface area contributed by atoms with Gasteiger partial charge in [-0.1, -0.05) is 31.7 Å². The van der Waals surface area contributed by atoms with Gasteiger partial charge in [-0.2, -0.15) is 42.0 Å². The predicted octanol–water partition coefficient (Wildman–Crippen LogP) is 3.80. The molecule has 2 aromatic carbocycles. The molecule has 0 saturated carbocycles. The zero-order chi connectivity index (χ0) is 12.9. The van der Waals surface area contributed by atoms with E-state index < -0.39 is 5.97 Å². The van der Waals surface area contributed by atoms with Gasteiger partial charge in [-0.3, -0.25) is 4.79 Å². The topological polar surface area (TPSA) is 37.3 Å². The van der Waals surface area contributed by atoms with Gasteiger partial charge in [-0.15, -0.1) is 0 Å². The molecule has 0 unspecified atom stereocenters. The first-order valence-corrected chi connectivity index (χ1v) is 5.58. The fraction of sp³-hybridized carbons (Fsp3) is 0.267. The van der Waals surface area contributed by atoms with Gasteiger partial charge in [0.2, 0.25) is 0 Å². The Morgan fingerprint density at radius 2 is 1.83 bits per heavy atom. The summed E-state index contributed by atoms with van der Waals surface area (Å²) in [4.78, 5) is 10.5. The Hall–Kier alpha value is -1.31. The van der Waals surface area contributed by atoms with Crippen molar-refractivity contribution in [2.24, 2.45) is 0 Å². The van der Waals surface area contributed by atoms with Gasteiger partial charge >= 0.3 is 17.1 Å². The van der Waals surface area contributed by atoms with Crippen molar-refractivity contribution in [1.29, 1.82) is 0 Å². The van der Waals surface area contributed by atoms with Crippen LogP contribution < -0.4 is 0 Å². The summed E-state index contributed by atoms with van der Waals surface area (Å²) in [5.74, 6) is -0.856. The summed E-state index contributed by atoms with van der Waals surface area (Å²) >= 11 is 0. The number of carbonyl (C=O) groups is 1. The van der Waals surface area contributed by atoms with E-state index in [9.17, 15) is 4.79 Å². The second-order valence-electron chi connectivity index (χ2n) is 4.91. The fourth-order valence-electron chi connectivity index (χ4n) is 1.36. The van der Waals surface area contributed by atoms with E-state index in [-0.39, 0.29) is 22.5 Å². The van der Waals surface area contributed by atoms with Crippen molar-refractivity contribution in [2.45, 2.75) is 26.2 Å². The molecule has 0 bridgehead atoms. The summed E-state index contributed by atoms with van der Waals surface area (Å²) in [6, 6.07) is 15.2. The first-order valence-electron chi connectivity index (χ1n) is 5.58. The van der Waals surface area contributed by atoms with Crippen LogP contribution in [0.25, 0.3) is 0 Å². The van der Waals surface area contributed by atoms with Crippen LogP contribution in [0.3, 0.4) is 0 Å². The third-order valence-electron chi connectivity index (χ3n) is 2.42. The van der Waals surface area contributed by atoms with Crippen LogP contribution >= 0.6 is 0 Å². The molecule has 0 radical (unpaired) electrons. The number of aromatic carboxylic acids is 1. The predicted molar refractivity (Wildman–Crippen MR) is 69.7 cm³/mol. The summed E-state index contributed by atoms with van der Waals surface area (Å²) in [5.41, 5.74) is 1.48. The van der Waals surface area contributed by atoms with E-state index in [1.165, 1.54) is 0 Å². The molecule has 0 aromatic heterocycles. The van der Waals surface area contributed by atoms with Gasteiger partial charge < -0.3 is 5.11 Å². The van der Waals surface area contributed by atoms with Crippen molar-refractivity contribution in [3.05, 3.63) is 59.7 Å². The van der Waals surface area contributed by atoms with Gasteiger partial charge in [0.25, 0.3) is 5.97 Å². The van der Waals surface area contributed by atoms with Crippen molar-refractivity contribution in [1.82, 2.24) is 0 Å². The normalized spacial score (nSPS) is 9.94. The molecule has 1 N–H and O–H groups in total. The van der Waals surface area contributed by atoms with Crippen molar-refractivity contribution >= 4 is 5.97 Å². The molecule has 98 valence electrons. The van der Waals surface area contributed by atoms with Gasteiger partial charge in [0.1, 0.15) is 0 Å². The SMILES string of the molecule is CC(C)(C)[c-]1ccc(C(=O)O)c1.[Fe+2].c1cc[cH-]c1. The monoisotopic (exact) mass is 286 g/mol. The zero-order valence-electron chi connectivity index (χ0n) is 10.8. The standard InChI is InChI=1S/C10H13O2.C5H5.Fe/c1-10(2,3)8-5-4-7(6-8)9(11)12;1-2-4-5-3-1;/h4-6H,1-3H3,(H,11,12);1-5H;/q2*-1;+2. The first-order chi connectivity index (χ1) is 7.91. The molecular formula is C15H18FeO2. The molecular weight excluding hydrogens is 268 g/mol. The number of carboxylic acid groups (broad SMARTS) is 1. The molecule has 18 heavy (non-hydrogen) atoms.